The van der Waals surface area contributed by atoms with Crippen LogP contribution in [0.2, 0.25) is 0 Å². The highest BCUT2D eigenvalue weighted by atomic mass is 16.4. The first-order valence-corrected chi connectivity index (χ1v) is 8.55. The molecular weight excluding hydrogens is 250 g/mol. The third kappa shape index (κ3) is 4.47. The van der Waals surface area contributed by atoms with Gasteiger partial charge in [0.05, 0.1) is 5.92 Å². The van der Waals surface area contributed by atoms with E-state index in [1.807, 2.05) is 0 Å². The van der Waals surface area contributed by atoms with Gasteiger partial charge in [-0.1, -0.05) is 26.7 Å². The number of nitrogens with one attached hydrogen (secondary N) is 1. The number of hydrogen-bond acceptors (Lipinski definition) is 2. The summed E-state index contributed by atoms with van der Waals surface area (Å²) in [6.45, 7) is 4.71. The number of carboxylic acids is 1. The van der Waals surface area contributed by atoms with Crippen LogP contribution in [0.1, 0.15) is 71.6 Å². The van der Waals surface area contributed by atoms with Gasteiger partial charge in [-0.3, -0.25) is 4.79 Å². The molecule has 3 heteroatoms. The van der Waals surface area contributed by atoms with Gasteiger partial charge in [-0.2, -0.15) is 0 Å². The topological polar surface area (TPSA) is 49.3 Å². The van der Waals surface area contributed by atoms with Crippen LogP contribution in [0.3, 0.4) is 0 Å². The van der Waals surface area contributed by atoms with Crippen LogP contribution in [0.15, 0.2) is 0 Å². The minimum atomic E-state index is -0.599. The lowest BCUT2D eigenvalue weighted by Crippen LogP contribution is -2.41. The third-order valence-corrected chi connectivity index (χ3v) is 5.50. The summed E-state index contributed by atoms with van der Waals surface area (Å²) < 4.78 is 0. The number of carboxylic acid groups (broad SMARTS) is 1. The van der Waals surface area contributed by atoms with Crippen molar-refractivity contribution < 1.29 is 9.90 Å². The van der Waals surface area contributed by atoms with E-state index in [4.69, 9.17) is 5.11 Å². The van der Waals surface area contributed by atoms with Gasteiger partial charge in [-0.15, -0.1) is 0 Å². The maximum Gasteiger partial charge on any atom is 0.306 e. The number of rotatable bonds is 4. The van der Waals surface area contributed by atoms with Gasteiger partial charge < -0.3 is 10.4 Å². The summed E-state index contributed by atoms with van der Waals surface area (Å²) in [6, 6.07) is 1.23. The second kappa shape index (κ2) is 7.44. The van der Waals surface area contributed by atoms with Crippen LogP contribution in [-0.4, -0.2) is 23.2 Å². The lowest BCUT2D eigenvalue weighted by atomic mass is 9.85. The van der Waals surface area contributed by atoms with Crippen LogP contribution in [0.25, 0.3) is 0 Å². The van der Waals surface area contributed by atoms with E-state index in [1.165, 1.54) is 32.1 Å². The first-order valence-electron chi connectivity index (χ1n) is 8.55. The van der Waals surface area contributed by atoms with Crippen molar-refractivity contribution in [1.82, 2.24) is 5.32 Å². The minimum Gasteiger partial charge on any atom is -0.481 e. The maximum absolute atomic E-state index is 11.0. The van der Waals surface area contributed by atoms with Crippen LogP contribution in [0.5, 0.6) is 0 Å². The smallest absolute Gasteiger partial charge is 0.306 e. The predicted molar refractivity (Wildman–Crippen MR) is 81.7 cm³/mol. The van der Waals surface area contributed by atoms with E-state index in [-0.39, 0.29) is 5.92 Å². The Morgan fingerprint density at radius 2 is 1.55 bits per heavy atom. The van der Waals surface area contributed by atoms with Crippen molar-refractivity contribution in [1.29, 1.82) is 0 Å². The number of hydrogen-bond donors (Lipinski definition) is 2. The van der Waals surface area contributed by atoms with Gasteiger partial charge >= 0.3 is 5.97 Å². The van der Waals surface area contributed by atoms with E-state index in [1.54, 1.807) is 0 Å². The highest BCUT2D eigenvalue weighted by Crippen LogP contribution is 2.30. The zero-order valence-electron chi connectivity index (χ0n) is 13.1. The molecule has 2 fully saturated rings. The molecule has 2 rings (SSSR count). The first-order chi connectivity index (χ1) is 9.56. The Morgan fingerprint density at radius 3 is 2.15 bits per heavy atom. The standard InChI is InChI=1S/C17H31NO2/c1-12(2)13-4-3-5-15(9-6-13)18-16-10-7-14(8-11-16)17(19)20/h12-16,18H,3-11H2,1-2H3,(H,19,20). The Kier molecular flexibility index (Phi) is 5.88. The normalized spacial score (nSPS) is 35.8. The third-order valence-electron chi connectivity index (χ3n) is 5.50. The molecule has 2 aliphatic carbocycles. The second-order valence-electron chi connectivity index (χ2n) is 7.26. The fourth-order valence-corrected chi connectivity index (χ4v) is 4.00. The van der Waals surface area contributed by atoms with Crippen molar-refractivity contribution in [3.05, 3.63) is 0 Å². The van der Waals surface area contributed by atoms with Crippen LogP contribution in [0, 0.1) is 17.8 Å². The Morgan fingerprint density at radius 1 is 0.950 bits per heavy atom. The Balaban J connectivity index is 1.73. The molecule has 2 aliphatic rings. The van der Waals surface area contributed by atoms with Crippen LogP contribution >= 0.6 is 0 Å². The molecule has 0 heterocycles. The molecule has 0 aliphatic heterocycles. The fraction of sp³-hybridized carbons (Fsp3) is 0.941. The molecule has 0 aromatic carbocycles. The Bertz CT molecular complexity index is 308. The SMILES string of the molecule is CC(C)C1CCCC(NC2CCC(C(=O)O)CC2)CC1. The first kappa shape index (κ1) is 15.8. The van der Waals surface area contributed by atoms with Gasteiger partial charge in [0.25, 0.3) is 0 Å². The molecule has 0 bridgehead atoms. The van der Waals surface area contributed by atoms with Gasteiger partial charge in [0, 0.05) is 12.1 Å². The number of aliphatic carboxylic acids is 1. The van der Waals surface area contributed by atoms with Crippen molar-refractivity contribution in [2.75, 3.05) is 0 Å². The van der Waals surface area contributed by atoms with E-state index in [0.29, 0.717) is 12.1 Å². The summed E-state index contributed by atoms with van der Waals surface area (Å²) in [5, 5.41) is 12.9. The predicted octanol–water partition coefficient (Wildman–Crippen LogP) is 3.82. The van der Waals surface area contributed by atoms with Crippen molar-refractivity contribution in [3.63, 3.8) is 0 Å². The molecule has 2 unspecified atom stereocenters. The highest BCUT2D eigenvalue weighted by molar-refractivity contribution is 5.70. The molecule has 0 saturated heterocycles. The summed E-state index contributed by atoms with van der Waals surface area (Å²) in [7, 11) is 0. The van der Waals surface area contributed by atoms with Crippen LogP contribution in [-0.2, 0) is 4.79 Å². The average Bonchev–Trinajstić information content (AvgIpc) is 2.65. The molecule has 2 saturated carbocycles. The highest BCUT2D eigenvalue weighted by Gasteiger charge is 2.28. The molecule has 0 radical (unpaired) electrons. The summed E-state index contributed by atoms with van der Waals surface area (Å²) in [5.74, 6) is 1.04. The summed E-state index contributed by atoms with van der Waals surface area (Å²) in [4.78, 5) is 11.0. The molecule has 0 spiro atoms. The summed E-state index contributed by atoms with van der Waals surface area (Å²) in [5.41, 5.74) is 0. The minimum absolute atomic E-state index is 0.0903. The molecule has 0 aromatic heterocycles. The van der Waals surface area contributed by atoms with E-state index < -0.39 is 5.97 Å². The lowest BCUT2D eigenvalue weighted by molar-refractivity contribution is -0.142. The average molecular weight is 281 g/mol. The zero-order valence-corrected chi connectivity index (χ0v) is 13.1. The Labute approximate surface area is 123 Å². The molecule has 0 amide bonds. The van der Waals surface area contributed by atoms with Crippen molar-refractivity contribution in [2.45, 2.75) is 83.7 Å². The number of carbonyl (C=O) groups is 1. The molecule has 0 aromatic rings. The van der Waals surface area contributed by atoms with Crippen molar-refractivity contribution >= 4 is 5.97 Å². The van der Waals surface area contributed by atoms with Gasteiger partial charge in [0.15, 0.2) is 0 Å². The maximum atomic E-state index is 11.0. The molecule has 2 N–H and O–H groups in total. The fourth-order valence-electron chi connectivity index (χ4n) is 4.00. The molecular formula is C17H31NO2. The second-order valence-corrected chi connectivity index (χ2v) is 7.26. The van der Waals surface area contributed by atoms with Gasteiger partial charge in [-0.25, -0.2) is 0 Å². The molecule has 20 heavy (non-hydrogen) atoms. The monoisotopic (exact) mass is 281 g/mol. The van der Waals surface area contributed by atoms with Gasteiger partial charge in [-0.05, 0) is 56.8 Å². The van der Waals surface area contributed by atoms with Crippen LogP contribution in [0.4, 0.5) is 0 Å². The zero-order chi connectivity index (χ0) is 14.5. The van der Waals surface area contributed by atoms with Crippen molar-refractivity contribution in [2.24, 2.45) is 17.8 Å². The van der Waals surface area contributed by atoms with E-state index >= 15 is 0 Å². The van der Waals surface area contributed by atoms with Gasteiger partial charge in [0.1, 0.15) is 0 Å². The van der Waals surface area contributed by atoms with E-state index in [2.05, 4.69) is 19.2 Å². The molecule has 3 nitrogen and oxygen atoms in total. The van der Waals surface area contributed by atoms with Gasteiger partial charge in [0.2, 0.25) is 0 Å². The van der Waals surface area contributed by atoms with Crippen molar-refractivity contribution in [3.8, 4) is 0 Å². The molecule has 116 valence electrons. The van der Waals surface area contributed by atoms with E-state index in [9.17, 15) is 4.79 Å². The summed E-state index contributed by atoms with van der Waals surface area (Å²) >= 11 is 0. The molecule has 2 atom stereocenters. The Hall–Kier alpha value is -0.570. The van der Waals surface area contributed by atoms with E-state index in [0.717, 1.165) is 37.5 Å². The summed E-state index contributed by atoms with van der Waals surface area (Å²) in [6.07, 6.45) is 10.5. The quantitative estimate of drug-likeness (QED) is 0.770. The largest absolute Gasteiger partial charge is 0.481 e. The van der Waals surface area contributed by atoms with Crippen LogP contribution < -0.4 is 5.32 Å². The lowest BCUT2D eigenvalue weighted by Gasteiger charge is -2.30.